The normalized spacial score (nSPS) is 9.69. The maximum atomic E-state index is 5.58. The van der Waals surface area contributed by atoms with Crippen LogP contribution >= 0.6 is 22.9 Å². The fraction of sp³-hybridized carbons (Fsp3) is 0.429. The molecule has 0 aliphatic carbocycles. The smallest absolute Gasteiger partial charge is 0.207 e. The first-order valence-electron chi connectivity index (χ1n) is 3.87. The van der Waals surface area contributed by atoms with Crippen molar-refractivity contribution >= 4 is 33.2 Å². The van der Waals surface area contributed by atoms with E-state index in [1.54, 1.807) is 0 Å². The average Bonchev–Trinajstić information content (AvgIpc) is 2.50. The molecule has 0 amide bonds. The first kappa shape index (κ1) is 10.3. The summed E-state index contributed by atoms with van der Waals surface area (Å²) in [6, 6.07) is 0. The summed E-state index contributed by atoms with van der Waals surface area (Å²) in [5.41, 5.74) is 0. The quantitative estimate of drug-likeness (QED) is 0.795. The molecule has 0 spiro atoms. The summed E-state index contributed by atoms with van der Waals surface area (Å²) in [6.45, 7) is 6.93. The van der Waals surface area contributed by atoms with E-state index >= 15 is 0 Å². The number of anilines is 2. The molecule has 0 radical (unpaired) electrons. The van der Waals surface area contributed by atoms with E-state index in [4.69, 9.17) is 11.6 Å². The largest absolute Gasteiger partial charge is 0.360 e. The van der Waals surface area contributed by atoms with Crippen LogP contribution in [0.15, 0.2) is 11.6 Å². The van der Waals surface area contributed by atoms with E-state index in [-0.39, 0.29) is 0 Å². The van der Waals surface area contributed by atoms with E-state index in [2.05, 4.69) is 27.4 Å². The lowest BCUT2D eigenvalue weighted by atomic mass is 10.6. The van der Waals surface area contributed by atoms with E-state index in [1.807, 2.05) is 6.92 Å². The number of halogens is 1. The maximum absolute atomic E-state index is 5.58. The molecular weight excluding hydrogens is 208 g/mol. The monoisotopic (exact) mass is 218 g/mol. The molecule has 0 saturated carbocycles. The van der Waals surface area contributed by atoms with Crippen LogP contribution in [0.5, 0.6) is 0 Å². The Balaban J connectivity index is 2.44. The van der Waals surface area contributed by atoms with Crippen molar-refractivity contribution in [3.63, 3.8) is 0 Å². The van der Waals surface area contributed by atoms with Crippen molar-refractivity contribution in [2.24, 2.45) is 0 Å². The van der Waals surface area contributed by atoms with Crippen LogP contribution in [-0.2, 0) is 0 Å². The van der Waals surface area contributed by atoms with Crippen molar-refractivity contribution in [1.82, 2.24) is 10.2 Å². The lowest BCUT2D eigenvalue weighted by Gasteiger charge is -1.97. The third-order valence-electron chi connectivity index (χ3n) is 1.18. The predicted molar refractivity (Wildman–Crippen MR) is 57.6 cm³/mol. The number of hydrogen-bond donors (Lipinski definition) is 2. The lowest BCUT2D eigenvalue weighted by Crippen LogP contribution is -1.99. The van der Waals surface area contributed by atoms with Crippen molar-refractivity contribution in [1.29, 1.82) is 0 Å². The number of nitrogens with one attached hydrogen (secondary N) is 2. The number of aromatic nitrogens is 2. The third kappa shape index (κ3) is 3.61. The Hall–Kier alpha value is -0.810. The van der Waals surface area contributed by atoms with Gasteiger partial charge in [-0.05, 0) is 6.92 Å². The number of nitrogens with zero attached hydrogens (tertiary/aromatic N) is 2. The van der Waals surface area contributed by atoms with Crippen LogP contribution in [0.4, 0.5) is 10.3 Å². The van der Waals surface area contributed by atoms with Crippen LogP contribution in [0.3, 0.4) is 0 Å². The molecule has 4 nitrogen and oxygen atoms in total. The highest BCUT2D eigenvalue weighted by Crippen LogP contribution is 2.19. The Kier molecular flexibility index (Phi) is 3.98. The van der Waals surface area contributed by atoms with Crippen LogP contribution in [0.2, 0.25) is 0 Å². The Morgan fingerprint density at radius 1 is 1.46 bits per heavy atom. The van der Waals surface area contributed by atoms with Gasteiger partial charge in [0, 0.05) is 11.6 Å². The molecular formula is C7H11ClN4S. The molecule has 1 aromatic heterocycles. The molecule has 2 N–H and O–H groups in total. The average molecular weight is 219 g/mol. The van der Waals surface area contributed by atoms with Crippen molar-refractivity contribution in [2.45, 2.75) is 6.92 Å². The van der Waals surface area contributed by atoms with E-state index in [1.165, 1.54) is 11.3 Å². The Morgan fingerprint density at radius 2 is 2.08 bits per heavy atom. The van der Waals surface area contributed by atoms with Crippen molar-refractivity contribution in [3.05, 3.63) is 11.6 Å². The van der Waals surface area contributed by atoms with Crippen LogP contribution in [0, 0.1) is 0 Å². The highest BCUT2D eigenvalue weighted by atomic mass is 35.5. The van der Waals surface area contributed by atoms with Crippen molar-refractivity contribution in [3.8, 4) is 0 Å². The van der Waals surface area contributed by atoms with Crippen LogP contribution in [0.25, 0.3) is 0 Å². The molecule has 0 aliphatic rings. The third-order valence-corrected chi connectivity index (χ3v) is 2.16. The molecule has 0 bridgehead atoms. The fourth-order valence-corrected chi connectivity index (χ4v) is 1.46. The molecule has 72 valence electrons. The highest BCUT2D eigenvalue weighted by molar-refractivity contribution is 7.19. The summed E-state index contributed by atoms with van der Waals surface area (Å²) in [5.74, 6) is 0. The molecule has 1 rings (SSSR count). The number of hydrogen-bond acceptors (Lipinski definition) is 5. The second-order valence-electron chi connectivity index (χ2n) is 2.31. The molecule has 0 saturated heterocycles. The van der Waals surface area contributed by atoms with Gasteiger partial charge in [0.15, 0.2) is 0 Å². The van der Waals surface area contributed by atoms with Gasteiger partial charge in [-0.1, -0.05) is 29.5 Å². The number of rotatable bonds is 5. The molecule has 13 heavy (non-hydrogen) atoms. The Bertz CT molecular complexity index is 286. The molecule has 1 heterocycles. The van der Waals surface area contributed by atoms with Crippen molar-refractivity contribution in [2.75, 3.05) is 23.7 Å². The zero-order valence-corrected chi connectivity index (χ0v) is 8.87. The molecule has 0 fully saturated rings. The summed E-state index contributed by atoms with van der Waals surface area (Å²) < 4.78 is 0. The van der Waals surface area contributed by atoms with Gasteiger partial charge in [0.1, 0.15) is 0 Å². The summed E-state index contributed by atoms with van der Waals surface area (Å²) in [5, 5.41) is 16.0. The van der Waals surface area contributed by atoms with E-state index in [0.29, 0.717) is 11.6 Å². The van der Waals surface area contributed by atoms with Gasteiger partial charge >= 0.3 is 0 Å². The zero-order valence-electron chi connectivity index (χ0n) is 7.30. The van der Waals surface area contributed by atoms with Crippen molar-refractivity contribution < 1.29 is 0 Å². The van der Waals surface area contributed by atoms with Gasteiger partial charge < -0.3 is 10.6 Å². The van der Waals surface area contributed by atoms with Crippen LogP contribution in [-0.4, -0.2) is 23.3 Å². The second-order valence-corrected chi connectivity index (χ2v) is 3.83. The summed E-state index contributed by atoms with van der Waals surface area (Å²) in [7, 11) is 0. The lowest BCUT2D eigenvalue weighted by molar-refractivity contribution is 1.06. The van der Waals surface area contributed by atoms with Gasteiger partial charge in [-0.2, -0.15) is 0 Å². The van der Waals surface area contributed by atoms with Crippen LogP contribution in [0.1, 0.15) is 6.92 Å². The highest BCUT2D eigenvalue weighted by Gasteiger charge is 2.01. The van der Waals surface area contributed by atoms with Crippen LogP contribution < -0.4 is 10.6 Å². The first-order chi connectivity index (χ1) is 6.22. The van der Waals surface area contributed by atoms with Gasteiger partial charge in [-0.15, -0.1) is 10.2 Å². The van der Waals surface area contributed by atoms with Gasteiger partial charge in [-0.25, -0.2) is 0 Å². The summed E-state index contributed by atoms with van der Waals surface area (Å²) in [6.07, 6.45) is 0. The molecule has 0 aromatic carbocycles. The predicted octanol–water partition coefficient (Wildman–Crippen LogP) is 2.13. The molecule has 0 unspecified atom stereocenters. The minimum Gasteiger partial charge on any atom is -0.360 e. The summed E-state index contributed by atoms with van der Waals surface area (Å²) >= 11 is 7.03. The molecule has 1 aromatic rings. The van der Waals surface area contributed by atoms with E-state index in [9.17, 15) is 0 Å². The second kappa shape index (κ2) is 5.04. The minimum absolute atomic E-state index is 0.516. The molecule has 6 heteroatoms. The Labute approximate surface area is 86.0 Å². The fourth-order valence-electron chi connectivity index (χ4n) is 0.689. The van der Waals surface area contributed by atoms with E-state index in [0.717, 1.165) is 16.8 Å². The van der Waals surface area contributed by atoms with Gasteiger partial charge in [0.05, 0.1) is 6.54 Å². The van der Waals surface area contributed by atoms with E-state index < -0.39 is 0 Å². The topological polar surface area (TPSA) is 49.8 Å². The SMILES string of the molecule is C=C(Cl)CNc1nnc(NCC)s1. The minimum atomic E-state index is 0.516. The van der Waals surface area contributed by atoms with Gasteiger partial charge in [0.2, 0.25) is 10.3 Å². The van der Waals surface area contributed by atoms with Gasteiger partial charge in [0.25, 0.3) is 0 Å². The Morgan fingerprint density at radius 3 is 2.62 bits per heavy atom. The first-order valence-corrected chi connectivity index (χ1v) is 5.06. The summed E-state index contributed by atoms with van der Waals surface area (Å²) in [4.78, 5) is 0. The maximum Gasteiger partial charge on any atom is 0.207 e. The molecule has 0 aliphatic heterocycles. The standard InChI is InChI=1S/C7H11ClN4S/c1-3-9-6-11-12-7(13-6)10-4-5(2)8/h2-4H2,1H3,(H,9,11)(H,10,12). The molecule has 0 atom stereocenters. The van der Waals surface area contributed by atoms with Gasteiger partial charge in [-0.3, -0.25) is 0 Å². The zero-order chi connectivity index (χ0) is 9.68.